The van der Waals surface area contributed by atoms with Crippen LogP contribution in [0.4, 0.5) is 4.39 Å². The Hall–Kier alpha value is -2.15. The van der Waals surface area contributed by atoms with Crippen LogP contribution in [0, 0.1) is 5.82 Å². The highest BCUT2D eigenvalue weighted by molar-refractivity contribution is 5.79. The summed E-state index contributed by atoms with van der Waals surface area (Å²) in [7, 11) is 1.13. The number of aliphatic hydroxyl groups excluding tert-OH is 1. The van der Waals surface area contributed by atoms with Crippen molar-refractivity contribution in [3.05, 3.63) is 30.1 Å². The van der Waals surface area contributed by atoms with E-state index in [1.165, 1.54) is 18.2 Å². The molecule has 1 aromatic carbocycles. The maximum atomic E-state index is 12.8. The summed E-state index contributed by atoms with van der Waals surface area (Å²) in [6.45, 7) is -0.630. The fourth-order valence-electron chi connectivity index (χ4n) is 1.19. The Morgan fingerprint density at radius 2 is 2.21 bits per heavy atom. The molecule has 2 N–H and O–H groups in total. The predicted molar refractivity (Wildman–Crippen MR) is 62.9 cm³/mol. The van der Waals surface area contributed by atoms with Crippen LogP contribution in [0.2, 0.25) is 0 Å². The molecule has 0 heterocycles. The van der Waals surface area contributed by atoms with Gasteiger partial charge in [-0.2, -0.15) is 0 Å². The molecule has 7 heteroatoms. The number of hydrogen-bond acceptors (Lipinski definition) is 5. The van der Waals surface area contributed by atoms with Gasteiger partial charge in [-0.05, 0) is 12.1 Å². The fraction of sp³-hybridized carbons (Fsp3) is 0.333. The van der Waals surface area contributed by atoms with E-state index in [-0.39, 0.29) is 18.9 Å². The molecule has 1 unspecified atom stereocenters. The Labute approximate surface area is 109 Å². The van der Waals surface area contributed by atoms with E-state index >= 15 is 0 Å². The molecule has 1 amide bonds. The largest absolute Gasteiger partial charge is 0.484 e. The predicted octanol–water partition coefficient (Wildman–Crippen LogP) is -0.145. The van der Waals surface area contributed by atoms with Gasteiger partial charge in [-0.25, -0.2) is 9.18 Å². The lowest BCUT2D eigenvalue weighted by atomic mass is 10.3. The summed E-state index contributed by atoms with van der Waals surface area (Å²) < 4.78 is 22.1. The number of carbonyl (C=O) groups is 2. The molecule has 0 bridgehead atoms. The SMILES string of the molecule is COC(=O)C(O)CNC(=O)COc1cccc(F)c1. The third-order valence-electron chi connectivity index (χ3n) is 2.13. The zero-order chi connectivity index (χ0) is 14.3. The van der Waals surface area contributed by atoms with E-state index in [1.807, 2.05) is 0 Å². The van der Waals surface area contributed by atoms with Gasteiger partial charge in [0.25, 0.3) is 5.91 Å². The normalized spacial score (nSPS) is 11.5. The molecular formula is C12H14FNO5. The van der Waals surface area contributed by atoms with Crippen molar-refractivity contribution in [3.63, 3.8) is 0 Å². The highest BCUT2D eigenvalue weighted by atomic mass is 19.1. The number of esters is 1. The van der Waals surface area contributed by atoms with Gasteiger partial charge in [0.15, 0.2) is 12.7 Å². The number of ether oxygens (including phenoxy) is 2. The molecule has 19 heavy (non-hydrogen) atoms. The number of halogens is 1. The minimum Gasteiger partial charge on any atom is -0.484 e. The number of nitrogens with one attached hydrogen (secondary N) is 1. The van der Waals surface area contributed by atoms with Crippen molar-refractivity contribution in [3.8, 4) is 5.75 Å². The second kappa shape index (κ2) is 7.32. The minimum absolute atomic E-state index is 0.212. The maximum Gasteiger partial charge on any atom is 0.336 e. The summed E-state index contributed by atoms with van der Waals surface area (Å²) >= 11 is 0. The Bertz CT molecular complexity index is 452. The Kier molecular flexibility index (Phi) is 5.74. The molecule has 1 rings (SSSR count). The van der Waals surface area contributed by atoms with Gasteiger partial charge in [0.05, 0.1) is 13.7 Å². The molecule has 0 aromatic heterocycles. The van der Waals surface area contributed by atoms with Crippen molar-refractivity contribution in [2.24, 2.45) is 0 Å². The number of amides is 1. The van der Waals surface area contributed by atoms with Crippen molar-refractivity contribution in [1.29, 1.82) is 0 Å². The Balaban J connectivity index is 2.30. The average molecular weight is 271 g/mol. The second-order valence-corrected chi connectivity index (χ2v) is 3.59. The van der Waals surface area contributed by atoms with E-state index < -0.39 is 23.8 Å². The summed E-state index contributed by atoms with van der Waals surface area (Å²) in [5.74, 6) is -1.65. The van der Waals surface area contributed by atoms with Crippen LogP contribution in [0.1, 0.15) is 0 Å². The van der Waals surface area contributed by atoms with Gasteiger partial charge in [-0.1, -0.05) is 6.07 Å². The second-order valence-electron chi connectivity index (χ2n) is 3.59. The smallest absolute Gasteiger partial charge is 0.336 e. The standard InChI is InChI=1S/C12H14FNO5/c1-18-12(17)10(15)6-14-11(16)7-19-9-4-2-3-8(13)5-9/h2-5,10,15H,6-7H2,1H3,(H,14,16). The first-order valence-electron chi connectivity index (χ1n) is 5.44. The molecule has 6 nitrogen and oxygen atoms in total. The van der Waals surface area contributed by atoms with Gasteiger partial charge < -0.3 is 19.9 Å². The van der Waals surface area contributed by atoms with E-state index in [0.29, 0.717) is 0 Å². The lowest BCUT2D eigenvalue weighted by molar-refractivity contribution is -0.150. The van der Waals surface area contributed by atoms with Gasteiger partial charge in [0.1, 0.15) is 11.6 Å². The van der Waals surface area contributed by atoms with E-state index in [2.05, 4.69) is 10.1 Å². The molecule has 0 spiro atoms. The summed E-state index contributed by atoms with van der Waals surface area (Å²) in [5.41, 5.74) is 0. The van der Waals surface area contributed by atoms with Crippen molar-refractivity contribution in [2.45, 2.75) is 6.10 Å². The number of hydrogen-bond donors (Lipinski definition) is 2. The van der Waals surface area contributed by atoms with Crippen LogP contribution in [0.5, 0.6) is 5.75 Å². The van der Waals surface area contributed by atoms with Crippen molar-refractivity contribution in [2.75, 3.05) is 20.3 Å². The molecule has 0 saturated heterocycles. The molecule has 0 aliphatic rings. The molecule has 1 aromatic rings. The molecule has 0 aliphatic heterocycles. The third kappa shape index (κ3) is 5.35. The maximum absolute atomic E-state index is 12.8. The number of benzene rings is 1. The van der Waals surface area contributed by atoms with Crippen LogP contribution in [0.3, 0.4) is 0 Å². The summed E-state index contributed by atoms with van der Waals surface area (Å²) in [4.78, 5) is 22.2. The third-order valence-corrected chi connectivity index (χ3v) is 2.13. The number of rotatable bonds is 6. The van der Waals surface area contributed by atoms with Crippen molar-refractivity contribution in [1.82, 2.24) is 5.32 Å². The first-order valence-corrected chi connectivity index (χ1v) is 5.44. The van der Waals surface area contributed by atoms with Crippen LogP contribution in [-0.4, -0.2) is 43.3 Å². The van der Waals surface area contributed by atoms with E-state index in [9.17, 15) is 19.1 Å². The highest BCUT2D eigenvalue weighted by Gasteiger charge is 2.16. The van der Waals surface area contributed by atoms with Gasteiger partial charge >= 0.3 is 5.97 Å². The van der Waals surface area contributed by atoms with Crippen LogP contribution < -0.4 is 10.1 Å². The molecule has 104 valence electrons. The quantitative estimate of drug-likeness (QED) is 0.703. The van der Waals surface area contributed by atoms with Crippen LogP contribution in [-0.2, 0) is 14.3 Å². The molecular weight excluding hydrogens is 257 g/mol. The fourth-order valence-corrected chi connectivity index (χ4v) is 1.19. The first kappa shape index (κ1) is 14.9. The molecule has 0 saturated carbocycles. The Morgan fingerprint density at radius 1 is 1.47 bits per heavy atom. The number of aliphatic hydroxyl groups is 1. The monoisotopic (exact) mass is 271 g/mol. The van der Waals surface area contributed by atoms with E-state index in [1.54, 1.807) is 0 Å². The van der Waals surface area contributed by atoms with Gasteiger partial charge in [-0.3, -0.25) is 4.79 Å². The van der Waals surface area contributed by atoms with E-state index in [0.717, 1.165) is 13.2 Å². The molecule has 0 radical (unpaired) electrons. The first-order chi connectivity index (χ1) is 9.02. The van der Waals surface area contributed by atoms with Gasteiger partial charge in [0.2, 0.25) is 0 Å². The molecule has 0 aliphatic carbocycles. The zero-order valence-electron chi connectivity index (χ0n) is 10.3. The lowest BCUT2D eigenvalue weighted by Crippen LogP contribution is -2.39. The zero-order valence-corrected chi connectivity index (χ0v) is 10.3. The van der Waals surface area contributed by atoms with Crippen LogP contribution >= 0.6 is 0 Å². The lowest BCUT2D eigenvalue weighted by Gasteiger charge is -2.10. The average Bonchev–Trinajstić information content (AvgIpc) is 2.41. The van der Waals surface area contributed by atoms with Gasteiger partial charge in [0, 0.05) is 6.07 Å². The molecule has 1 atom stereocenters. The summed E-state index contributed by atoms with van der Waals surface area (Å²) in [6.07, 6.45) is -1.43. The van der Waals surface area contributed by atoms with Crippen LogP contribution in [0.25, 0.3) is 0 Å². The Morgan fingerprint density at radius 3 is 2.84 bits per heavy atom. The number of carbonyl (C=O) groups excluding carboxylic acids is 2. The van der Waals surface area contributed by atoms with E-state index in [4.69, 9.17) is 4.74 Å². The molecule has 0 fully saturated rings. The highest BCUT2D eigenvalue weighted by Crippen LogP contribution is 2.11. The van der Waals surface area contributed by atoms with Crippen LogP contribution in [0.15, 0.2) is 24.3 Å². The number of methoxy groups -OCH3 is 1. The minimum atomic E-state index is -1.43. The van der Waals surface area contributed by atoms with Crippen molar-refractivity contribution >= 4 is 11.9 Å². The summed E-state index contributed by atoms with van der Waals surface area (Å²) in [6, 6.07) is 5.33. The van der Waals surface area contributed by atoms with Crippen molar-refractivity contribution < 1.29 is 28.6 Å². The van der Waals surface area contributed by atoms with Gasteiger partial charge in [-0.15, -0.1) is 0 Å². The summed E-state index contributed by atoms with van der Waals surface area (Å²) in [5, 5.41) is 11.5. The topological polar surface area (TPSA) is 84.9 Å².